The predicted molar refractivity (Wildman–Crippen MR) is 88.7 cm³/mol. The Morgan fingerprint density at radius 1 is 1.12 bits per heavy atom. The van der Waals surface area contributed by atoms with Crippen molar-refractivity contribution < 1.29 is 27.5 Å². The van der Waals surface area contributed by atoms with E-state index < -0.39 is 17.7 Å². The second-order valence-corrected chi connectivity index (χ2v) is 6.13. The zero-order chi connectivity index (χ0) is 18.9. The number of anilines is 1. The number of methoxy groups -OCH3 is 1. The van der Waals surface area contributed by atoms with Gasteiger partial charge in [-0.05, 0) is 48.2 Å². The minimum atomic E-state index is -4.37. The Hall–Kier alpha value is -2.83. The van der Waals surface area contributed by atoms with Gasteiger partial charge >= 0.3 is 12.1 Å². The van der Waals surface area contributed by atoms with Gasteiger partial charge in [0.1, 0.15) is 0 Å². The number of esters is 1. The molecule has 7 heteroatoms. The summed E-state index contributed by atoms with van der Waals surface area (Å²) in [4.78, 5) is 23.8. The summed E-state index contributed by atoms with van der Waals surface area (Å²) in [6.45, 7) is 0. The van der Waals surface area contributed by atoms with Crippen LogP contribution in [-0.4, -0.2) is 19.0 Å². The highest BCUT2D eigenvalue weighted by Gasteiger charge is 2.44. The van der Waals surface area contributed by atoms with Crippen LogP contribution in [0.15, 0.2) is 48.5 Å². The lowest BCUT2D eigenvalue weighted by atomic mass is 10.1. The Morgan fingerprint density at radius 3 is 2.42 bits per heavy atom. The van der Waals surface area contributed by atoms with Gasteiger partial charge in [0.2, 0.25) is 5.91 Å². The highest BCUT2D eigenvalue weighted by Crippen LogP contribution is 2.48. The molecule has 2 aromatic carbocycles. The van der Waals surface area contributed by atoms with Crippen LogP contribution in [0.25, 0.3) is 0 Å². The number of nitrogens with one attached hydrogen (secondary N) is 1. The molecule has 0 aliphatic heterocycles. The summed E-state index contributed by atoms with van der Waals surface area (Å²) in [5.74, 6) is -1.12. The highest BCUT2D eigenvalue weighted by atomic mass is 19.4. The number of hydrogen-bond donors (Lipinski definition) is 1. The maximum absolute atomic E-state index is 12.6. The van der Waals surface area contributed by atoms with E-state index in [1.54, 1.807) is 18.2 Å². The lowest BCUT2D eigenvalue weighted by molar-refractivity contribution is -0.137. The maximum atomic E-state index is 12.6. The fourth-order valence-electron chi connectivity index (χ4n) is 2.85. The van der Waals surface area contributed by atoms with Gasteiger partial charge in [0, 0.05) is 11.6 Å². The standard InChI is InChI=1S/C19H16F3NO3/c1-26-18(25)12-3-2-4-14(9-12)23-17(24)16-10-15(16)11-5-7-13(8-6-11)19(20,21)22/h2-9,15-16H,10H2,1H3,(H,23,24). The minimum Gasteiger partial charge on any atom is -0.465 e. The number of halogens is 3. The van der Waals surface area contributed by atoms with Gasteiger partial charge in [-0.1, -0.05) is 18.2 Å². The number of amides is 1. The third-order valence-electron chi connectivity index (χ3n) is 4.34. The largest absolute Gasteiger partial charge is 0.465 e. The Labute approximate surface area is 148 Å². The van der Waals surface area contributed by atoms with E-state index in [9.17, 15) is 22.8 Å². The molecule has 3 rings (SSSR count). The number of alkyl halides is 3. The molecule has 0 radical (unpaired) electrons. The highest BCUT2D eigenvalue weighted by molar-refractivity contribution is 5.97. The lowest BCUT2D eigenvalue weighted by Gasteiger charge is -2.08. The summed E-state index contributed by atoms with van der Waals surface area (Å²) < 4.78 is 42.4. The Kier molecular flexibility index (Phi) is 4.71. The molecule has 4 nitrogen and oxygen atoms in total. The van der Waals surface area contributed by atoms with Crippen molar-refractivity contribution in [3.63, 3.8) is 0 Å². The molecule has 0 heterocycles. The number of carbonyl (C=O) groups is 2. The van der Waals surface area contributed by atoms with Crippen LogP contribution in [0.3, 0.4) is 0 Å². The van der Waals surface area contributed by atoms with E-state index >= 15 is 0 Å². The van der Waals surface area contributed by atoms with E-state index in [-0.39, 0.29) is 17.7 Å². The number of hydrogen-bond acceptors (Lipinski definition) is 3. The fourth-order valence-corrected chi connectivity index (χ4v) is 2.85. The molecule has 2 atom stereocenters. The first kappa shape index (κ1) is 18.0. The number of rotatable bonds is 4. The topological polar surface area (TPSA) is 55.4 Å². The quantitative estimate of drug-likeness (QED) is 0.827. The average Bonchev–Trinajstić information content (AvgIpc) is 3.41. The van der Waals surface area contributed by atoms with Crippen molar-refractivity contribution in [3.8, 4) is 0 Å². The van der Waals surface area contributed by atoms with Crippen molar-refractivity contribution >= 4 is 17.6 Å². The molecule has 26 heavy (non-hydrogen) atoms. The van der Waals surface area contributed by atoms with Gasteiger partial charge in [-0.2, -0.15) is 13.2 Å². The fraction of sp³-hybridized carbons (Fsp3) is 0.263. The van der Waals surface area contributed by atoms with Gasteiger partial charge in [0.25, 0.3) is 0 Å². The average molecular weight is 363 g/mol. The molecule has 0 saturated heterocycles. The zero-order valence-corrected chi connectivity index (χ0v) is 13.8. The molecule has 2 unspecified atom stereocenters. The molecular formula is C19H16F3NO3. The summed E-state index contributed by atoms with van der Waals surface area (Å²) in [6, 6.07) is 11.3. The van der Waals surface area contributed by atoms with Crippen LogP contribution >= 0.6 is 0 Å². The molecule has 136 valence electrons. The van der Waals surface area contributed by atoms with E-state index in [1.165, 1.54) is 25.3 Å². The van der Waals surface area contributed by atoms with Crippen molar-refractivity contribution in [1.82, 2.24) is 0 Å². The molecule has 2 aromatic rings. The van der Waals surface area contributed by atoms with Crippen molar-refractivity contribution in [2.24, 2.45) is 5.92 Å². The van der Waals surface area contributed by atoms with Gasteiger partial charge in [-0.3, -0.25) is 4.79 Å². The molecule has 1 fully saturated rings. The van der Waals surface area contributed by atoms with Crippen LogP contribution in [0.2, 0.25) is 0 Å². The predicted octanol–water partition coefficient (Wildman–Crippen LogP) is 4.23. The third kappa shape index (κ3) is 3.87. The molecular weight excluding hydrogens is 347 g/mol. The van der Waals surface area contributed by atoms with E-state index in [1.807, 2.05) is 0 Å². The van der Waals surface area contributed by atoms with Crippen molar-refractivity contribution in [2.75, 3.05) is 12.4 Å². The van der Waals surface area contributed by atoms with Crippen LogP contribution in [-0.2, 0) is 15.7 Å². The van der Waals surface area contributed by atoms with Crippen LogP contribution in [0.1, 0.15) is 33.8 Å². The molecule has 0 aromatic heterocycles. The van der Waals surface area contributed by atoms with Crippen molar-refractivity contribution in [3.05, 3.63) is 65.2 Å². The third-order valence-corrected chi connectivity index (χ3v) is 4.34. The summed E-state index contributed by atoms with van der Waals surface area (Å²) in [5.41, 5.74) is 0.792. The first-order valence-electron chi connectivity index (χ1n) is 7.96. The van der Waals surface area contributed by atoms with Gasteiger partial charge in [-0.25, -0.2) is 4.79 Å². The van der Waals surface area contributed by atoms with E-state index in [2.05, 4.69) is 10.1 Å². The Bertz CT molecular complexity index is 831. The number of carbonyl (C=O) groups excluding carboxylic acids is 2. The minimum absolute atomic E-state index is 0.0962. The van der Waals surface area contributed by atoms with Crippen molar-refractivity contribution in [2.45, 2.75) is 18.5 Å². The Balaban J connectivity index is 1.63. The van der Waals surface area contributed by atoms with Crippen LogP contribution in [0, 0.1) is 5.92 Å². The second kappa shape index (κ2) is 6.82. The summed E-state index contributed by atoms with van der Waals surface area (Å²) in [6.07, 6.45) is -3.79. The van der Waals surface area contributed by atoms with Crippen LogP contribution in [0.5, 0.6) is 0 Å². The maximum Gasteiger partial charge on any atom is 0.416 e. The molecule has 0 spiro atoms. The van der Waals surface area contributed by atoms with Gasteiger partial charge in [0.05, 0.1) is 18.2 Å². The van der Waals surface area contributed by atoms with E-state index in [0.717, 1.165) is 12.1 Å². The molecule has 1 aliphatic rings. The summed E-state index contributed by atoms with van der Waals surface area (Å²) in [5, 5.41) is 2.73. The van der Waals surface area contributed by atoms with Crippen LogP contribution < -0.4 is 5.32 Å². The van der Waals surface area contributed by atoms with Gasteiger partial charge in [-0.15, -0.1) is 0 Å². The first-order valence-corrected chi connectivity index (χ1v) is 7.96. The van der Waals surface area contributed by atoms with Gasteiger partial charge in [0.15, 0.2) is 0 Å². The SMILES string of the molecule is COC(=O)c1cccc(NC(=O)C2CC2c2ccc(C(F)(F)F)cc2)c1. The molecule has 0 bridgehead atoms. The normalized spacial score (nSPS) is 18.9. The molecule has 1 aliphatic carbocycles. The monoisotopic (exact) mass is 363 g/mol. The summed E-state index contributed by atoms with van der Waals surface area (Å²) >= 11 is 0. The molecule has 1 saturated carbocycles. The van der Waals surface area contributed by atoms with E-state index in [0.29, 0.717) is 23.2 Å². The zero-order valence-electron chi connectivity index (χ0n) is 13.8. The second-order valence-electron chi connectivity index (χ2n) is 6.13. The van der Waals surface area contributed by atoms with E-state index in [4.69, 9.17) is 0 Å². The number of benzene rings is 2. The van der Waals surface area contributed by atoms with Crippen molar-refractivity contribution in [1.29, 1.82) is 0 Å². The van der Waals surface area contributed by atoms with Crippen LogP contribution in [0.4, 0.5) is 18.9 Å². The lowest BCUT2D eigenvalue weighted by Crippen LogP contribution is -2.15. The Morgan fingerprint density at radius 2 is 1.81 bits per heavy atom. The number of ether oxygens (including phenoxy) is 1. The smallest absolute Gasteiger partial charge is 0.416 e. The summed E-state index contributed by atoms with van der Waals surface area (Å²) in [7, 11) is 1.27. The first-order chi connectivity index (χ1) is 12.3. The molecule has 1 amide bonds. The molecule has 1 N–H and O–H groups in total. The van der Waals surface area contributed by atoms with Gasteiger partial charge < -0.3 is 10.1 Å².